The first kappa shape index (κ1) is 15.4. The monoisotopic (exact) mass is 416 g/mol. The maximum absolute atomic E-state index is 12.3. The molecule has 1 N–H and O–H groups in total. The molecule has 0 heterocycles. The molecule has 0 spiro atoms. The van der Waals surface area contributed by atoms with Crippen LogP contribution in [-0.4, -0.2) is 15.3 Å². The molecule has 0 radical (unpaired) electrons. The molecular formula is C14H10Br2O3S. The first-order valence-corrected chi connectivity index (χ1v) is 8.54. The van der Waals surface area contributed by atoms with Crippen molar-refractivity contribution in [1.82, 2.24) is 0 Å². The highest BCUT2D eigenvalue weighted by molar-refractivity contribution is 9.10. The average Bonchev–Trinajstić information content (AvgIpc) is 2.41. The van der Waals surface area contributed by atoms with Crippen LogP contribution in [0.3, 0.4) is 0 Å². The van der Waals surface area contributed by atoms with Crippen LogP contribution < -0.4 is 0 Å². The number of hydrogen-bond acceptors (Lipinski definition) is 2. The number of rotatable bonds is 4. The van der Waals surface area contributed by atoms with Gasteiger partial charge in [-0.05, 0) is 45.8 Å². The molecule has 104 valence electrons. The van der Waals surface area contributed by atoms with E-state index in [2.05, 4.69) is 31.9 Å². The van der Waals surface area contributed by atoms with Gasteiger partial charge in [0.2, 0.25) is 0 Å². The Labute approximate surface area is 135 Å². The SMILES string of the molecule is O=C(O)c1cc(S(=O)Cc2ccccc2Br)ccc1Br. The van der Waals surface area contributed by atoms with Crippen LogP contribution in [0.1, 0.15) is 15.9 Å². The van der Waals surface area contributed by atoms with Crippen molar-refractivity contribution in [3.63, 3.8) is 0 Å². The van der Waals surface area contributed by atoms with E-state index in [9.17, 15) is 9.00 Å². The standard InChI is InChI=1S/C14H10Br2O3S/c15-12-4-2-1-3-9(12)8-20(19)10-5-6-13(16)11(7-10)14(17)18/h1-7H,8H2,(H,17,18). The average molecular weight is 418 g/mol. The second-order valence-corrected chi connectivity index (χ2v) is 7.19. The molecule has 0 bridgehead atoms. The van der Waals surface area contributed by atoms with Gasteiger partial charge in [0.1, 0.15) is 0 Å². The predicted octanol–water partition coefficient (Wildman–Crippen LogP) is 4.22. The Kier molecular flexibility index (Phi) is 5.12. The van der Waals surface area contributed by atoms with Gasteiger partial charge in [0.25, 0.3) is 0 Å². The molecule has 0 amide bonds. The van der Waals surface area contributed by atoms with E-state index in [4.69, 9.17) is 5.11 Å². The fourth-order valence-corrected chi connectivity index (χ4v) is 3.85. The first-order chi connectivity index (χ1) is 9.49. The van der Waals surface area contributed by atoms with Crippen molar-refractivity contribution >= 4 is 48.6 Å². The Morgan fingerprint density at radius 3 is 2.45 bits per heavy atom. The van der Waals surface area contributed by atoms with E-state index in [1.807, 2.05) is 24.3 Å². The van der Waals surface area contributed by atoms with Crippen molar-refractivity contribution in [1.29, 1.82) is 0 Å². The fourth-order valence-electron chi connectivity index (χ4n) is 1.65. The fraction of sp³-hybridized carbons (Fsp3) is 0.0714. The maximum Gasteiger partial charge on any atom is 0.336 e. The molecule has 2 rings (SSSR count). The van der Waals surface area contributed by atoms with Gasteiger partial charge < -0.3 is 5.11 Å². The van der Waals surface area contributed by atoms with E-state index in [1.54, 1.807) is 12.1 Å². The summed E-state index contributed by atoms with van der Waals surface area (Å²) in [5, 5.41) is 9.07. The molecule has 0 fully saturated rings. The highest BCUT2D eigenvalue weighted by Crippen LogP contribution is 2.23. The minimum absolute atomic E-state index is 0.114. The lowest BCUT2D eigenvalue weighted by molar-refractivity contribution is 0.0695. The number of carboxylic acids is 1. The van der Waals surface area contributed by atoms with Crippen molar-refractivity contribution < 1.29 is 14.1 Å². The van der Waals surface area contributed by atoms with Crippen molar-refractivity contribution in [2.45, 2.75) is 10.6 Å². The predicted molar refractivity (Wildman–Crippen MR) is 85.4 cm³/mol. The van der Waals surface area contributed by atoms with Gasteiger partial charge in [-0.1, -0.05) is 34.1 Å². The van der Waals surface area contributed by atoms with Gasteiger partial charge in [-0.3, -0.25) is 4.21 Å². The Balaban J connectivity index is 2.28. The van der Waals surface area contributed by atoms with Crippen LogP contribution in [0.5, 0.6) is 0 Å². The van der Waals surface area contributed by atoms with Gasteiger partial charge in [0.05, 0.1) is 22.1 Å². The molecule has 6 heteroatoms. The second kappa shape index (κ2) is 6.65. The first-order valence-electron chi connectivity index (χ1n) is 5.63. The van der Waals surface area contributed by atoms with E-state index in [0.29, 0.717) is 15.1 Å². The van der Waals surface area contributed by atoms with Crippen molar-refractivity contribution in [2.24, 2.45) is 0 Å². The van der Waals surface area contributed by atoms with Crippen LogP contribution in [0.15, 0.2) is 56.3 Å². The molecule has 1 atom stereocenters. The van der Waals surface area contributed by atoms with Crippen LogP contribution in [0, 0.1) is 0 Å². The topological polar surface area (TPSA) is 54.4 Å². The summed E-state index contributed by atoms with van der Waals surface area (Å²) in [6, 6.07) is 12.3. The molecule has 3 nitrogen and oxygen atoms in total. The zero-order chi connectivity index (χ0) is 14.7. The highest BCUT2D eigenvalue weighted by atomic mass is 79.9. The quantitative estimate of drug-likeness (QED) is 0.810. The van der Waals surface area contributed by atoms with Crippen LogP contribution >= 0.6 is 31.9 Å². The smallest absolute Gasteiger partial charge is 0.336 e. The molecule has 2 aromatic rings. The highest BCUT2D eigenvalue weighted by Gasteiger charge is 2.13. The summed E-state index contributed by atoms with van der Waals surface area (Å²) in [5.41, 5.74) is 1.04. The Hall–Kier alpha value is -0.980. The lowest BCUT2D eigenvalue weighted by Gasteiger charge is -2.07. The normalized spacial score (nSPS) is 12.1. The minimum Gasteiger partial charge on any atom is -0.478 e. The minimum atomic E-state index is -1.29. The summed E-state index contributed by atoms with van der Waals surface area (Å²) in [6.45, 7) is 0. The molecule has 20 heavy (non-hydrogen) atoms. The van der Waals surface area contributed by atoms with E-state index < -0.39 is 16.8 Å². The number of carbonyl (C=O) groups is 1. The van der Waals surface area contributed by atoms with E-state index >= 15 is 0 Å². The molecule has 0 aliphatic carbocycles. The van der Waals surface area contributed by atoms with Crippen molar-refractivity contribution in [2.75, 3.05) is 0 Å². The molecule has 0 aliphatic rings. The third kappa shape index (κ3) is 3.56. The summed E-state index contributed by atoms with van der Waals surface area (Å²) in [4.78, 5) is 11.6. The third-order valence-corrected chi connectivity index (χ3v) is 5.49. The largest absolute Gasteiger partial charge is 0.478 e. The van der Waals surface area contributed by atoms with Crippen molar-refractivity contribution in [3.05, 3.63) is 62.5 Å². The Morgan fingerprint density at radius 1 is 1.10 bits per heavy atom. The van der Waals surface area contributed by atoms with Gasteiger partial charge in [-0.2, -0.15) is 0 Å². The molecule has 0 saturated heterocycles. The lowest BCUT2D eigenvalue weighted by atomic mass is 10.2. The maximum atomic E-state index is 12.3. The lowest BCUT2D eigenvalue weighted by Crippen LogP contribution is -2.02. The van der Waals surface area contributed by atoms with E-state index in [1.165, 1.54) is 6.07 Å². The van der Waals surface area contributed by atoms with Gasteiger partial charge in [-0.15, -0.1) is 0 Å². The molecule has 0 aromatic heterocycles. The summed E-state index contributed by atoms with van der Waals surface area (Å²) in [6.07, 6.45) is 0. The third-order valence-electron chi connectivity index (χ3n) is 2.68. The van der Waals surface area contributed by atoms with E-state index in [-0.39, 0.29) is 5.56 Å². The van der Waals surface area contributed by atoms with Crippen molar-refractivity contribution in [3.8, 4) is 0 Å². The van der Waals surface area contributed by atoms with Gasteiger partial charge in [0, 0.05) is 13.8 Å². The summed E-state index contributed by atoms with van der Waals surface area (Å²) in [7, 11) is -1.29. The Morgan fingerprint density at radius 2 is 1.80 bits per heavy atom. The summed E-state index contributed by atoms with van der Waals surface area (Å²) in [5.74, 6) is -0.709. The van der Waals surface area contributed by atoms with Crippen LogP contribution in [0.2, 0.25) is 0 Å². The second-order valence-electron chi connectivity index (χ2n) is 4.03. The molecule has 0 saturated carbocycles. The number of carboxylic acid groups (broad SMARTS) is 1. The van der Waals surface area contributed by atoms with Crippen LogP contribution in [-0.2, 0) is 16.6 Å². The number of benzene rings is 2. The zero-order valence-corrected chi connectivity index (χ0v) is 14.2. The number of halogens is 2. The Bertz CT molecular complexity index is 686. The van der Waals surface area contributed by atoms with Crippen LogP contribution in [0.25, 0.3) is 0 Å². The van der Waals surface area contributed by atoms with Gasteiger partial charge in [-0.25, -0.2) is 4.79 Å². The van der Waals surface area contributed by atoms with Gasteiger partial charge in [0.15, 0.2) is 0 Å². The molecule has 0 aliphatic heterocycles. The summed E-state index contributed by atoms with van der Waals surface area (Å²) < 4.78 is 13.7. The summed E-state index contributed by atoms with van der Waals surface area (Å²) >= 11 is 6.58. The number of aromatic carboxylic acids is 1. The van der Waals surface area contributed by atoms with Gasteiger partial charge >= 0.3 is 5.97 Å². The van der Waals surface area contributed by atoms with Crippen LogP contribution in [0.4, 0.5) is 0 Å². The number of hydrogen-bond donors (Lipinski definition) is 1. The zero-order valence-electron chi connectivity index (χ0n) is 10.2. The van der Waals surface area contributed by atoms with E-state index in [0.717, 1.165) is 10.0 Å². The molecule has 2 aromatic carbocycles. The molecule has 1 unspecified atom stereocenters. The molecular weight excluding hydrogens is 408 g/mol.